The molecule has 0 saturated carbocycles. The van der Waals surface area contributed by atoms with Gasteiger partial charge >= 0.3 is 0 Å². The van der Waals surface area contributed by atoms with E-state index in [2.05, 4.69) is 40.3 Å². The third kappa shape index (κ3) is 1.96. The molecule has 2 aliphatic rings. The van der Waals surface area contributed by atoms with Crippen molar-refractivity contribution in [1.82, 2.24) is 5.32 Å². The number of anilines is 2. The second-order valence-corrected chi connectivity index (χ2v) is 4.69. The van der Waals surface area contributed by atoms with Crippen LogP contribution in [0.5, 0.6) is 0 Å². The van der Waals surface area contributed by atoms with Gasteiger partial charge in [0.25, 0.3) is 0 Å². The Hall–Kier alpha value is -1.68. The molecule has 1 aromatic carbocycles. The summed E-state index contributed by atoms with van der Waals surface area (Å²) >= 11 is 0. The molecule has 90 valence electrons. The molecule has 1 atom stereocenters. The number of β-amino-alcohol motifs (C(OH)–C–C–N with tert-alkyl or cyclic N) is 1. The Kier molecular flexibility index (Phi) is 2.44. The molecule has 1 unspecified atom stereocenters. The van der Waals surface area contributed by atoms with Crippen LogP contribution in [0.4, 0.5) is 11.4 Å². The van der Waals surface area contributed by atoms with Gasteiger partial charge in [0, 0.05) is 31.0 Å². The number of nitrogens with one attached hydrogen (secondary N) is 2. The number of hydrogen-bond acceptors (Lipinski definition) is 4. The summed E-state index contributed by atoms with van der Waals surface area (Å²) in [4.78, 5) is 2.23. The van der Waals surface area contributed by atoms with E-state index >= 15 is 0 Å². The second kappa shape index (κ2) is 3.96. The van der Waals surface area contributed by atoms with Gasteiger partial charge in [-0.3, -0.25) is 0 Å². The van der Waals surface area contributed by atoms with Crippen molar-refractivity contribution in [2.75, 3.05) is 23.3 Å². The highest BCUT2D eigenvalue weighted by Gasteiger charge is 2.21. The first-order valence-electron chi connectivity index (χ1n) is 5.98. The standard InChI is InChI=1S/C13H17N3O/c1-9-14-7-10-6-11(2-3-13(10)15-9)16-5-4-12(17)8-16/h2-3,6,12,14-15,17H,1,4-5,7-8H2. The molecule has 0 spiro atoms. The van der Waals surface area contributed by atoms with Gasteiger partial charge in [-0.25, -0.2) is 0 Å². The summed E-state index contributed by atoms with van der Waals surface area (Å²) in [7, 11) is 0. The van der Waals surface area contributed by atoms with Gasteiger partial charge in [-0.05, 0) is 30.2 Å². The first-order chi connectivity index (χ1) is 8.22. The Morgan fingerprint density at radius 2 is 2.29 bits per heavy atom. The van der Waals surface area contributed by atoms with Crippen LogP contribution in [0, 0.1) is 0 Å². The van der Waals surface area contributed by atoms with Crippen LogP contribution in [-0.2, 0) is 6.54 Å². The summed E-state index contributed by atoms with van der Waals surface area (Å²) in [6, 6.07) is 6.36. The molecule has 0 aromatic heterocycles. The number of benzene rings is 1. The first kappa shape index (κ1) is 10.5. The van der Waals surface area contributed by atoms with Crippen LogP contribution in [-0.4, -0.2) is 24.3 Å². The highest BCUT2D eigenvalue weighted by molar-refractivity contribution is 5.64. The maximum absolute atomic E-state index is 9.56. The average Bonchev–Trinajstić information content (AvgIpc) is 2.75. The summed E-state index contributed by atoms with van der Waals surface area (Å²) in [5, 5.41) is 16.0. The molecular weight excluding hydrogens is 214 g/mol. The van der Waals surface area contributed by atoms with E-state index in [0.717, 1.165) is 37.6 Å². The minimum absolute atomic E-state index is 0.179. The van der Waals surface area contributed by atoms with Crippen LogP contribution in [0.2, 0.25) is 0 Å². The van der Waals surface area contributed by atoms with Crippen LogP contribution in [0.3, 0.4) is 0 Å². The zero-order valence-corrected chi connectivity index (χ0v) is 9.74. The molecule has 4 heteroatoms. The Labute approximate surface area is 101 Å². The SMILES string of the molecule is C=C1NCc2cc(N3CCC(O)C3)ccc2N1. The quantitative estimate of drug-likeness (QED) is 0.680. The molecule has 17 heavy (non-hydrogen) atoms. The molecule has 4 nitrogen and oxygen atoms in total. The highest BCUT2D eigenvalue weighted by atomic mass is 16.3. The first-order valence-corrected chi connectivity index (χ1v) is 5.98. The number of aliphatic hydroxyl groups excluding tert-OH is 1. The third-order valence-corrected chi connectivity index (χ3v) is 3.40. The largest absolute Gasteiger partial charge is 0.391 e. The van der Waals surface area contributed by atoms with E-state index in [0.29, 0.717) is 0 Å². The normalized spacial score (nSPS) is 23.0. The van der Waals surface area contributed by atoms with Crippen LogP contribution < -0.4 is 15.5 Å². The number of rotatable bonds is 1. The van der Waals surface area contributed by atoms with Crippen molar-refractivity contribution in [3.8, 4) is 0 Å². The number of aliphatic hydroxyl groups is 1. The van der Waals surface area contributed by atoms with E-state index in [1.165, 1.54) is 11.3 Å². The zero-order chi connectivity index (χ0) is 11.8. The van der Waals surface area contributed by atoms with Crippen molar-refractivity contribution in [3.63, 3.8) is 0 Å². The van der Waals surface area contributed by atoms with Crippen LogP contribution >= 0.6 is 0 Å². The molecular formula is C13H17N3O. The van der Waals surface area contributed by atoms with Crippen molar-refractivity contribution in [2.45, 2.75) is 19.1 Å². The van der Waals surface area contributed by atoms with Crippen LogP contribution in [0.25, 0.3) is 0 Å². The predicted octanol–water partition coefficient (Wildman–Crippen LogP) is 1.24. The molecule has 0 aliphatic carbocycles. The van der Waals surface area contributed by atoms with Gasteiger partial charge in [0.15, 0.2) is 0 Å². The van der Waals surface area contributed by atoms with E-state index in [1.54, 1.807) is 0 Å². The fourth-order valence-electron chi connectivity index (χ4n) is 2.43. The molecule has 0 radical (unpaired) electrons. The highest BCUT2D eigenvalue weighted by Crippen LogP contribution is 2.28. The lowest BCUT2D eigenvalue weighted by Crippen LogP contribution is -2.26. The summed E-state index contributed by atoms with van der Waals surface area (Å²) < 4.78 is 0. The van der Waals surface area contributed by atoms with Gasteiger partial charge in [-0.1, -0.05) is 6.58 Å². The van der Waals surface area contributed by atoms with Gasteiger partial charge in [0.1, 0.15) is 0 Å². The lowest BCUT2D eigenvalue weighted by molar-refractivity contribution is 0.198. The number of fused-ring (bicyclic) bond motifs is 1. The summed E-state index contributed by atoms with van der Waals surface area (Å²) in [6.45, 7) is 6.35. The topological polar surface area (TPSA) is 47.5 Å². The van der Waals surface area contributed by atoms with Gasteiger partial charge in [-0.2, -0.15) is 0 Å². The van der Waals surface area contributed by atoms with Crippen molar-refractivity contribution in [1.29, 1.82) is 0 Å². The smallest absolute Gasteiger partial charge is 0.0959 e. The summed E-state index contributed by atoms with van der Waals surface area (Å²) in [5.74, 6) is 0.849. The number of nitrogens with zero attached hydrogens (tertiary/aromatic N) is 1. The van der Waals surface area contributed by atoms with Crippen molar-refractivity contribution in [2.24, 2.45) is 0 Å². The maximum atomic E-state index is 9.56. The average molecular weight is 231 g/mol. The van der Waals surface area contributed by atoms with E-state index in [9.17, 15) is 5.11 Å². The Morgan fingerprint density at radius 3 is 3.06 bits per heavy atom. The molecule has 0 bridgehead atoms. The lowest BCUT2D eigenvalue weighted by atomic mass is 10.1. The predicted molar refractivity (Wildman–Crippen MR) is 68.9 cm³/mol. The van der Waals surface area contributed by atoms with E-state index in [4.69, 9.17) is 0 Å². The monoisotopic (exact) mass is 231 g/mol. The molecule has 1 fully saturated rings. The third-order valence-electron chi connectivity index (χ3n) is 3.40. The molecule has 0 amide bonds. The Morgan fingerprint density at radius 1 is 1.41 bits per heavy atom. The lowest BCUT2D eigenvalue weighted by Gasteiger charge is -2.25. The molecule has 2 aliphatic heterocycles. The van der Waals surface area contributed by atoms with Gasteiger partial charge in [0.2, 0.25) is 0 Å². The molecule has 1 aromatic rings. The molecule has 3 rings (SSSR count). The van der Waals surface area contributed by atoms with Crippen molar-refractivity contribution < 1.29 is 5.11 Å². The fraction of sp³-hybridized carbons (Fsp3) is 0.385. The maximum Gasteiger partial charge on any atom is 0.0959 e. The molecule has 2 heterocycles. The van der Waals surface area contributed by atoms with Crippen LogP contribution in [0.15, 0.2) is 30.6 Å². The summed E-state index contributed by atoms with van der Waals surface area (Å²) in [5.41, 5.74) is 3.56. The second-order valence-electron chi connectivity index (χ2n) is 4.69. The van der Waals surface area contributed by atoms with Gasteiger partial charge < -0.3 is 20.6 Å². The van der Waals surface area contributed by atoms with Gasteiger partial charge in [-0.15, -0.1) is 0 Å². The van der Waals surface area contributed by atoms with Crippen LogP contribution in [0.1, 0.15) is 12.0 Å². The van der Waals surface area contributed by atoms with Crippen molar-refractivity contribution in [3.05, 3.63) is 36.2 Å². The number of hydrogen-bond donors (Lipinski definition) is 3. The fourth-order valence-corrected chi connectivity index (χ4v) is 2.43. The molecule has 3 N–H and O–H groups in total. The Balaban J connectivity index is 1.86. The summed E-state index contributed by atoms with van der Waals surface area (Å²) in [6.07, 6.45) is 0.687. The zero-order valence-electron chi connectivity index (χ0n) is 9.74. The van der Waals surface area contributed by atoms with E-state index < -0.39 is 0 Å². The minimum atomic E-state index is -0.179. The van der Waals surface area contributed by atoms with E-state index in [1.807, 2.05) is 0 Å². The van der Waals surface area contributed by atoms with Gasteiger partial charge in [0.05, 0.1) is 11.9 Å². The Bertz CT molecular complexity index is 458. The van der Waals surface area contributed by atoms with E-state index in [-0.39, 0.29) is 6.10 Å². The molecule has 1 saturated heterocycles. The minimum Gasteiger partial charge on any atom is -0.391 e. The van der Waals surface area contributed by atoms with Crippen molar-refractivity contribution >= 4 is 11.4 Å².